The summed E-state index contributed by atoms with van der Waals surface area (Å²) >= 11 is 0. The molecule has 1 aliphatic heterocycles. The van der Waals surface area contributed by atoms with Crippen LogP contribution in [-0.2, 0) is 21.2 Å². The molecule has 0 radical (unpaired) electrons. The molecule has 0 aromatic heterocycles. The number of sulfonamides is 1. The van der Waals surface area contributed by atoms with Gasteiger partial charge in [-0.05, 0) is 60.2 Å². The molecule has 162 valence electrons. The molecule has 3 aromatic carbocycles. The molecule has 31 heavy (non-hydrogen) atoms. The highest BCUT2D eigenvalue weighted by Crippen LogP contribution is 2.24. The first kappa shape index (κ1) is 21.5. The van der Waals surface area contributed by atoms with Crippen molar-refractivity contribution in [1.29, 1.82) is 0 Å². The minimum Gasteiger partial charge on any atom is -0.350 e. The molecule has 0 saturated carbocycles. The predicted molar refractivity (Wildman–Crippen MR) is 123 cm³/mol. The molecule has 5 nitrogen and oxygen atoms in total. The third-order valence-electron chi connectivity index (χ3n) is 5.93. The normalized spacial score (nSPS) is 15.8. The van der Waals surface area contributed by atoms with E-state index in [0.717, 1.165) is 34.7 Å². The number of hydrogen-bond donors (Lipinski definition) is 1. The minimum atomic E-state index is -3.40. The van der Waals surface area contributed by atoms with Crippen LogP contribution in [0.4, 0.5) is 0 Å². The topological polar surface area (TPSA) is 66.5 Å². The van der Waals surface area contributed by atoms with Gasteiger partial charge in [0.1, 0.15) is 0 Å². The maximum absolute atomic E-state index is 12.6. The lowest BCUT2D eigenvalue weighted by molar-refractivity contribution is -0.121. The van der Waals surface area contributed by atoms with Crippen LogP contribution >= 0.6 is 0 Å². The molecule has 4 rings (SSSR count). The van der Waals surface area contributed by atoms with Crippen LogP contribution in [-0.4, -0.2) is 31.7 Å². The van der Waals surface area contributed by atoms with Crippen LogP contribution in [0.1, 0.15) is 43.4 Å². The molecule has 1 amide bonds. The Balaban J connectivity index is 1.35. The Bertz CT molecular complexity index is 1160. The fourth-order valence-corrected chi connectivity index (χ4v) is 5.70. The molecular formula is C25H28N2O3S. The summed E-state index contributed by atoms with van der Waals surface area (Å²) in [6.45, 7) is 3.19. The van der Waals surface area contributed by atoms with Gasteiger partial charge in [0.15, 0.2) is 0 Å². The van der Waals surface area contributed by atoms with Crippen molar-refractivity contribution < 1.29 is 13.2 Å². The Labute approximate surface area is 184 Å². The monoisotopic (exact) mass is 436 g/mol. The number of rotatable bonds is 7. The summed E-state index contributed by atoms with van der Waals surface area (Å²) in [5, 5.41) is 5.39. The molecule has 6 heteroatoms. The first-order valence-corrected chi connectivity index (χ1v) is 12.3. The highest BCUT2D eigenvalue weighted by molar-refractivity contribution is 7.89. The standard InChI is InChI=1S/C25H28N2O3S/c1-19(23-10-6-8-21-7-2-3-9-24(21)23)26-25(28)16-13-20-11-14-22(15-12-20)31(29,30)27-17-4-5-18-27/h2-3,6-12,14-15,19H,4-5,13,16-18H2,1H3,(H,26,28). The number of benzene rings is 3. The van der Waals surface area contributed by atoms with Crippen LogP contribution in [0.15, 0.2) is 71.6 Å². The van der Waals surface area contributed by atoms with Gasteiger partial charge in [-0.25, -0.2) is 8.42 Å². The number of carbonyl (C=O) groups is 1. The van der Waals surface area contributed by atoms with E-state index in [4.69, 9.17) is 0 Å². The lowest BCUT2D eigenvalue weighted by Gasteiger charge is -2.17. The van der Waals surface area contributed by atoms with Crippen LogP contribution in [0.3, 0.4) is 0 Å². The average molecular weight is 437 g/mol. The first-order chi connectivity index (χ1) is 14.9. The molecule has 0 spiro atoms. The van der Waals surface area contributed by atoms with E-state index in [0.29, 0.717) is 30.8 Å². The van der Waals surface area contributed by atoms with Gasteiger partial charge in [0.05, 0.1) is 10.9 Å². The number of hydrogen-bond acceptors (Lipinski definition) is 3. The van der Waals surface area contributed by atoms with Crippen LogP contribution in [0.5, 0.6) is 0 Å². The quantitative estimate of drug-likeness (QED) is 0.596. The van der Waals surface area contributed by atoms with Gasteiger partial charge < -0.3 is 5.32 Å². The maximum Gasteiger partial charge on any atom is 0.243 e. The molecule has 1 heterocycles. The highest BCUT2D eigenvalue weighted by Gasteiger charge is 2.26. The molecule has 1 atom stereocenters. The Hall–Kier alpha value is -2.70. The van der Waals surface area contributed by atoms with Crippen molar-refractivity contribution in [3.05, 3.63) is 77.9 Å². The number of aryl methyl sites for hydroxylation is 1. The van der Waals surface area contributed by atoms with Crippen molar-refractivity contribution in [2.24, 2.45) is 0 Å². The smallest absolute Gasteiger partial charge is 0.243 e. The summed E-state index contributed by atoms with van der Waals surface area (Å²) in [5.74, 6) is -0.0193. The van der Waals surface area contributed by atoms with Gasteiger partial charge in [-0.15, -0.1) is 0 Å². The Morgan fingerprint density at radius 1 is 0.968 bits per heavy atom. The van der Waals surface area contributed by atoms with Gasteiger partial charge >= 0.3 is 0 Å². The number of carbonyl (C=O) groups excluding carboxylic acids is 1. The molecule has 1 fully saturated rings. The van der Waals surface area contributed by atoms with Gasteiger partial charge in [0, 0.05) is 19.5 Å². The number of amides is 1. The van der Waals surface area contributed by atoms with Crippen LogP contribution < -0.4 is 5.32 Å². The maximum atomic E-state index is 12.6. The molecule has 1 N–H and O–H groups in total. The zero-order valence-corrected chi connectivity index (χ0v) is 18.6. The predicted octanol–water partition coefficient (Wildman–Crippen LogP) is 4.43. The van der Waals surface area contributed by atoms with Gasteiger partial charge in [0.25, 0.3) is 0 Å². The molecule has 0 bridgehead atoms. The Morgan fingerprint density at radius 3 is 2.39 bits per heavy atom. The van der Waals surface area contributed by atoms with Gasteiger partial charge in [-0.1, -0.05) is 54.6 Å². The number of fused-ring (bicyclic) bond motifs is 1. The summed E-state index contributed by atoms with van der Waals surface area (Å²) in [7, 11) is -3.40. The zero-order valence-electron chi connectivity index (χ0n) is 17.8. The average Bonchev–Trinajstić information content (AvgIpc) is 3.33. The van der Waals surface area contributed by atoms with Crippen molar-refractivity contribution in [1.82, 2.24) is 9.62 Å². The van der Waals surface area contributed by atoms with E-state index in [1.54, 1.807) is 16.4 Å². The van der Waals surface area contributed by atoms with E-state index >= 15 is 0 Å². The van der Waals surface area contributed by atoms with E-state index in [-0.39, 0.29) is 11.9 Å². The van der Waals surface area contributed by atoms with Crippen molar-refractivity contribution in [2.45, 2.75) is 43.5 Å². The van der Waals surface area contributed by atoms with E-state index < -0.39 is 10.0 Å². The van der Waals surface area contributed by atoms with Gasteiger partial charge in [0.2, 0.25) is 15.9 Å². The number of nitrogens with zero attached hydrogens (tertiary/aromatic N) is 1. The summed E-state index contributed by atoms with van der Waals surface area (Å²) in [5.41, 5.74) is 2.05. The van der Waals surface area contributed by atoms with Crippen LogP contribution in [0, 0.1) is 0 Å². The second kappa shape index (κ2) is 9.20. The Morgan fingerprint density at radius 2 is 1.65 bits per heavy atom. The zero-order chi connectivity index (χ0) is 21.8. The van der Waals surface area contributed by atoms with Crippen LogP contribution in [0.2, 0.25) is 0 Å². The summed E-state index contributed by atoms with van der Waals surface area (Å²) in [6, 6.07) is 21.1. The van der Waals surface area contributed by atoms with Crippen molar-refractivity contribution >= 4 is 26.7 Å². The van der Waals surface area contributed by atoms with Crippen molar-refractivity contribution in [2.75, 3.05) is 13.1 Å². The SMILES string of the molecule is CC(NC(=O)CCc1ccc(S(=O)(=O)N2CCCC2)cc1)c1cccc2ccccc12. The molecule has 1 aliphatic rings. The first-order valence-electron chi connectivity index (χ1n) is 10.8. The fourth-order valence-electron chi connectivity index (χ4n) is 4.18. The lowest BCUT2D eigenvalue weighted by atomic mass is 9.99. The van der Waals surface area contributed by atoms with E-state index in [9.17, 15) is 13.2 Å². The highest BCUT2D eigenvalue weighted by atomic mass is 32.2. The van der Waals surface area contributed by atoms with E-state index in [1.165, 1.54) is 0 Å². The molecule has 0 aliphatic carbocycles. The summed E-state index contributed by atoms with van der Waals surface area (Å²) in [6.07, 6.45) is 2.76. The molecule has 1 saturated heterocycles. The second-order valence-electron chi connectivity index (χ2n) is 8.11. The van der Waals surface area contributed by atoms with Crippen molar-refractivity contribution in [3.8, 4) is 0 Å². The second-order valence-corrected chi connectivity index (χ2v) is 10.1. The molecule has 3 aromatic rings. The number of nitrogens with one attached hydrogen (secondary N) is 1. The van der Waals surface area contributed by atoms with Crippen LogP contribution in [0.25, 0.3) is 10.8 Å². The third-order valence-corrected chi connectivity index (χ3v) is 7.85. The Kier molecular flexibility index (Phi) is 6.39. The molecular weight excluding hydrogens is 408 g/mol. The van der Waals surface area contributed by atoms with Gasteiger partial charge in [-0.3, -0.25) is 4.79 Å². The largest absolute Gasteiger partial charge is 0.350 e. The van der Waals surface area contributed by atoms with E-state index in [1.807, 2.05) is 43.3 Å². The van der Waals surface area contributed by atoms with Crippen molar-refractivity contribution in [3.63, 3.8) is 0 Å². The van der Waals surface area contributed by atoms with E-state index in [2.05, 4.69) is 23.5 Å². The third kappa shape index (κ3) is 4.81. The summed E-state index contributed by atoms with van der Waals surface area (Å²) < 4.78 is 26.8. The fraction of sp³-hybridized carbons (Fsp3) is 0.320. The summed E-state index contributed by atoms with van der Waals surface area (Å²) in [4.78, 5) is 12.8. The molecule has 1 unspecified atom stereocenters. The lowest BCUT2D eigenvalue weighted by Crippen LogP contribution is -2.28. The minimum absolute atomic E-state index is 0.0193. The van der Waals surface area contributed by atoms with Gasteiger partial charge in [-0.2, -0.15) is 4.31 Å².